The number of carbonyl (C=O) groups is 2. The number of nitrogens with zero attached hydrogens (tertiary/aromatic N) is 1. The van der Waals surface area contributed by atoms with Crippen LogP contribution >= 0.6 is 0 Å². The molecule has 6 rings (SSSR count). The third-order valence-electron chi connectivity index (χ3n) is 7.64. The lowest BCUT2D eigenvalue weighted by Crippen LogP contribution is -2.42. The number of para-hydroxylation sites is 1. The molecule has 4 heteroatoms. The first kappa shape index (κ1) is 23.9. The van der Waals surface area contributed by atoms with Gasteiger partial charge in [-0.1, -0.05) is 72.8 Å². The summed E-state index contributed by atoms with van der Waals surface area (Å²) in [6.45, 7) is 2.05. The minimum atomic E-state index is -0.222. The Morgan fingerprint density at radius 1 is 0.684 bits per heavy atom. The zero-order valence-corrected chi connectivity index (χ0v) is 21.3. The molecule has 1 aliphatic heterocycles. The fourth-order valence-electron chi connectivity index (χ4n) is 5.83. The quantitative estimate of drug-likeness (QED) is 0.283. The highest BCUT2D eigenvalue weighted by atomic mass is 16.5. The molecule has 1 aliphatic carbocycles. The third-order valence-corrected chi connectivity index (χ3v) is 7.64. The van der Waals surface area contributed by atoms with Gasteiger partial charge in [-0.05, 0) is 72.4 Å². The Kier molecular flexibility index (Phi) is 6.38. The molecule has 0 saturated carbocycles. The molecule has 0 radical (unpaired) electrons. The predicted octanol–water partition coefficient (Wildman–Crippen LogP) is 7.71. The largest absolute Gasteiger partial charge is 0.457 e. The van der Waals surface area contributed by atoms with Crippen molar-refractivity contribution in [3.8, 4) is 11.5 Å². The molecule has 188 valence electrons. The van der Waals surface area contributed by atoms with E-state index in [1.807, 2.05) is 84.9 Å². The highest BCUT2D eigenvalue weighted by Crippen LogP contribution is 2.47. The summed E-state index contributed by atoms with van der Waals surface area (Å²) in [5, 5.41) is 0. The molecule has 4 aromatic rings. The van der Waals surface area contributed by atoms with Crippen LogP contribution in [0.1, 0.15) is 47.8 Å². The van der Waals surface area contributed by atoms with Crippen LogP contribution in [0.15, 0.2) is 120 Å². The van der Waals surface area contributed by atoms with Gasteiger partial charge in [-0.15, -0.1) is 0 Å². The van der Waals surface area contributed by atoms with Crippen molar-refractivity contribution in [1.29, 1.82) is 0 Å². The third kappa shape index (κ3) is 4.54. The van der Waals surface area contributed by atoms with Crippen molar-refractivity contribution in [2.75, 3.05) is 4.90 Å². The summed E-state index contributed by atoms with van der Waals surface area (Å²) in [7, 11) is 0. The Labute approximate surface area is 223 Å². The van der Waals surface area contributed by atoms with Gasteiger partial charge in [0.2, 0.25) is 5.91 Å². The lowest BCUT2D eigenvalue weighted by atomic mass is 9.72. The van der Waals surface area contributed by atoms with Crippen molar-refractivity contribution < 1.29 is 14.3 Å². The van der Waals surface area contributed by atoms with Crippen LogP contribution in [0.3, 0.4) is 0 Å². The average molecular weight is 500 g/mol. The number of aryl methyl sites for hydroxylation is 1. The summed E-state index contributed by atoms with van der Waals surface area (Å²) in [6, 6.07) is 35.4. The van der Waals surface area contributed by atoms with Crippen LogP contribution < -0.4 is 9.64 Å². The maximum Gasteiger partial charge on any atom is 0.232 e. The van der Waals surface area contributed by atoms with Gasteiger partial charge in [-0.3, -0.25) is 14.5 Å². The van der Waals surface area contributed by atoms with Gasteiger partial charge in [-0.2, -0.15) is 0 Å². The summed E-state index contributed by atoms with van der Waals surface area (Å²) in [5.74, 6) is 1.40. The topological polar surface area (TPSA) is 46.6 Å². The number of anilines is 1. The van der Waals surface area contributed by atoms with Crippen molar-refractivity contribution in [3.63, 3.8) is 0 Å². The highest BCUT2D eigenvalue weighted by Gasteiger charge is 2.42. The standard InChI is InChI=1S/C34H29NO3/c1-23-10-8-9-15-29(23)30-22-33(37)35(26-16-18-28(19-17-26)38-27-13-6-3-7-14-27)31-20-25(21-32(36)34(30)31)24-11-4-2-5-12-24/h2-19,25,30H,20-22H2,1H3. The van der Waals surface area contributed by atoms with Crippen LogP contribution in [0.5, 0.6) is 11.5 Å². The van der Waals surface area contributed by atoms with Crippen LogP contribution in [0.2, 0.25) is 0 Å². The fourth-order valence-corrected chi connectivity index (χ4v) is 5.83. The minimum Gasteiger partial charge on any atom is -0.457 e. The van der Waals surface area contributed by atoms with E-state index in [1.54, 1.807) is 4.90 Å². The summed E-state index contributed by atoms with van der Waals surface area (Å²) >= 11 is 0. The Morgan fingerprint density at radius 2 is 1.32 bits per heavy atom. The van der Waals surface area contributed by atoms with Gasteiger partial charge < -0.3 is 4.74 Å². The number of allylic oxidation sites excluding steroid dienone is 2. The van der Waals surface area contributed by atoms with Crippen molar-refractivity contribution in [2.24, 2.45) is 0 Å². The molecule has 4 aromatic carbocycles. The number of ether oxygens (including phenoxy) is 1. The minimum absolute atomic E-state index is 0.00948. The van der Waals surface area contributed by atoms with E-state index < -0.39 is 0 Å². The molecular weight excluding hydrogens is 470 g/mol. The number of rotatable bonds is 5. The van der Waals surface area contributed by atoms with E-state index in [9.17, 15) is 9.59 Å². The first-order valence-corrected chi connectivity index (χ1v) is 13.1. The van der Waals surface area contributed by atoms with Crippen molar-refractivity contribution in [1.82, 2.24) is 0 Å². The number of amides is 1. The lowest BCUT2D eigenvalue weighted by molar-refractivity contribution is -0.120. The van der Waals surface area contributed by atoms with Gasteiger partial charge in [0.1, 0.15) is 11.5 Å². The molecule has 0 fully saturated rings. The molecular formula is C34H29NO3. The summed E-state index contributed by atoms with van der Waals surface area (Å²) in [5.41, 5.74) is 5.67. The van der Waals surface area contributed by atoms with Gasteiger partial charge in [-0.25, -0.2) is 0 Å². The Balaban J connectivity index is 1.41. The van der Waals surface area contributed by atoms with Crippen molar-refractivity contribution in [3.05, 3.63) is 137 Å². The normalized spacial score (nSPS) is 19.3. The monoisotopic (exact) mass is 499 g/mol. The van der Waals surface area contributed by atoms with Gasteiger partial charge in [0.25, 0.3) is 0 Å². The number of ketones is 1. The molecule has 2 unspecified atom stereocenters. The zero-order valence-electron chi connectivity index (χ0n) is 21.3. The first-order chi connectivity index (χ1) is 18.6. The van der Waals surface area contributed by atoms with Gasteiger partial charge in [0.15, 0.2) is 5.78 Å². The van der Waals surface area contributed by atoms with E-state index in [4.69, 9.17) is 4.74 Å². The van der Waals surface area contributed by atoms with Crippen molar-refractivity contribution in [2.45, 2.75) is 38.0 Å². The van der Waals surface area contributed by atoms with Gasteiger partial charge >= 0.3 is 0 Å². The van der Waals surface area contributed by atoms with Crippen molar-refractivity contribution >= 4 is 17.4 Å². The molecule has 0 aromatic heterocycles. The van der Waals surface area contributed by atoms with E-state index in [0.29, 0.717) is 18.6 Å². The fraction of sp³-hybridized carbons (Fsp3) is 0.176. The van der Waals surface area contributed by atoms with E-state index in [0.717, 1.165) is 39.4 Å². The van der Waals surface area contributed by atoms with Crippen LogP contribution in [-0.2, 0) is 9.59 Å². The number of hydrogen-bond donors (Lipinski definition) is 0. The molecule has 2 atom stereocenters. The Hall–Kier alpha value is -4.44. The average Bonchev–Trinajstić information content (AvgIpc) is 2.94. The number of benzene rings is 4. The number of hydrogen-bond acceptors (Lipinski definition) is 3. The van der Waals surface area contributed by atoms with Crippen LogP contribution in [-0.4, -0.2) is 11.7 Å². The summed E-state index contributed by atoms with van der Waals surface area (Å²) < 4.78 is 5.96. The van der Waals surface area contributed by atoms with Crippen LogP contribution in [0, 0.1) is 6.92 Å². The number of Topliss-reactive ketones (excluding diaryl/α,β-unsaturated/α-hetero) is 1. The van der Waals surface area contributed by atoms with Gasteiger partial charge in [0.05, 0.1) is 0 Å². The second-order valence-electron chi connectivity index (χ2n) is 10.1. The summed E-state index contributed by atoms with van der Waals surface area (Å²) in [4.78, 5) is 29.4. The Morgan fingerprint density at radius 3 is 2.03 bits per heavy atom. The first-order valence-electron chi connectivity index (χ1n) is 13.1. The SMILES string of the molecule is Cc1ccccc1C1CC(=O)N(c2ccc(Oc3ccccc3)cc2)C2=C1C(=O)CC(c1ccccc1)C2. The lowest BCUT2D eigenvalue weighted by Gasteiger charge is -2.41. The Bertz CT molecular complexity index is 1510. The molecule has 0 bridgehead atoms. The number of carbonyl (C=O) groups excluding carboxylic acids is 2. The maximum absolute atomic E-state index is 13.8. The molecule has 0 saturated heterocycles. The molecule has 0 N–H and O–H groups in total. The maximum atomic E-state index is 13.8. The highest BCUT2D eigenvalue weighted by molar-refractivity contribution is 6.08. The van der Waals surface area contributed by atoms with Gasteiger partial charge in [0, 0.05) is 35.7 Å². The molecule has 2 aliphatic rings. The second-order valence-corrected chi connectivity index (χ2v) is 10.1. The summed E-state index contributed by atoms with van der Waals surface area (Å²) in [6.07, 6.45) is 1.37. The van der Waals surface area contributed by atoms with Crippen LogP contribution in [0.4, 0.5) is 5.69 Å². The van der Waals surface area contributed by atoms with E-state index in [1.165, 1.54) is 0 Å². The smallest absolute Gasteiger partial charge is 0.232 e. The second kappa shape index (κ2) is 10.1. The van der Waals surface area contributed by atoms with E-state index >= 15 is 0 Å². The van der Waals surface area contributed by atoms with Crippen LogP contribution in [0.25, 0.3) is 0 Å². The predicted molar refractivity (Wildman–Crippen MR) is 149 cm³/mol. The molecule has 4 nitrogen and oxygen atoms in total. The van der Waals surface area contributed by atoms with E-state index in [2.05, 4.69) is 31.2 Å². The molecule has 1 amide bonds. The van der Waals surface area contributed by atoms with E-state index in [-0.39, 0.29) is 29.9 Å². The molecule has 1 heterocycles. The molecule has 0 spiro atoms. The molecule has 38 heavy (non-hydrogen) atoms. The zero-order chi connectivity index (χ0) is 26.1.